The predicted molar refractivity (Wildman–Crippen MR) is 60.7 cm³/mol. The Labute approximate surface area is 95.0 Å². The third kappa shape index (κ3) is 1.90. The van der Waals surface area contributed by atoms with Gasteiger partial charge in [-0.2, -0.15) is 0 Å². The molecule has 1 fully saturated rings. The van der Waals surface area contributed by atoms with Crippen molar-refractivity contribution in [3.63, 3.8) is 0 Å². The molecule has 1 aliphatic rings. The standard InChI is InChI=1S/C13H16O3/c1-13(7-8-13)11(12(14)15)9-3-5-10(16-2)6-4-9/h3-6,11H,7-8H2,1-2H3,(H,14,15). The fourth-order valence-corrected chi connectivity index (χ4v) is 2.13. The maximum Gasteiger partial charge on any atom is 0.311 e. The third-order valence-corrected chi connectivity index (χ3v) is 3.43. The summed E-state index contributed by atoms with van der Waals surface area (Å²) in [4.78, 5) is 11.3. The first kappa shape index (κ1) is 11.0. The molecule has 0 saturated heterocycles. The molecule has 0 aromatic heterocycles. The van der Waals surface area contributed by atoms with Crippen molar-refractivity contribution in [3.05, 3.63) is 29.8 Å². The Hall–Kier alpha value is -1.51. The van der Waals surface area contributed by atoms with Crippen LogP contribution in [0.4, 0.5) is 0 Å². The van der Waals surface area contributed by atoms with Crippen molar-refractivity contribution in [2.75, 3.05) is 7.11 Å². The highest BCUT2D eigenvalue weighted by Crippen LogP contribution is 2.55. The number of carboxylic acid groups (broad SMARTS) is 1. The molecule has 3 heteroatoms. The van der Waals surface area contributed by atoms with E-state index < -0.39 is 11.9 Å². The van der Waals surface area contributed by atoms with Gasteiger partial charge in [0.2, 0.25) is 0 Å². The lowest BCUT2D eigenvalue weighted by molar-refractivity contribution is -0.140. The molecule has 16 heavy (non-hydrogen) atoms. The quantitative estimate of drug-likeness (QED) is 0.848. The van der Waals surface area contributed by atoms with Gasteiger partial charge in [0.15, 0.2) is 0 Å². The highest BCUT2D eigenvalue weighted by Gasteiger charge is 2.49. The molecule has 2 rings (SSSR count). The smallest absolute Gasteiger partial charge is 0.311 e. The fourth-order valence-electron chi connectivity index (χ4n) is 2.13. The minimum Gasteiger partial charge on any atom is -0.497 e. The van der Waals surface area contributed by atoms with Gasteiger partial charge < -0.3 is 9.84 Å². The summed E-state index contributed by atoms with van der Waals surface area (Å²) < 4.78 is 5.06. The number of methoxy groups -OCH3 is 1. The van der Waals surface area contributed by atoms with E-state index in [1.807, 2.05) is 31.2 Å². The maximum absolute atomic E-state index is 11.3. The molecule has 1 atom stereocenters. The Balaban J connectivity index is 2.29. The van der Waals surface area contributed by atoms with E-state index in [0.29, 0.717) is 0 Å². The Kier molecular flexibility index (Phi) is 2.62. The first-order valence-corrected chi connectivity index (χ1v) is 5.43. The molecular formula is C13H16O3. The third-order valence-electron chi connectivity index (χ3n) is 3.43. The van der Waals surface area contributed by atoms with E-state index in [1.54, 1.807) is 7.11 Å². The van der Waals surface area contributed by atoms with Gasteiger partial charge in [-0.1, -0.05) is 19.1 Å². The summed E-state index contributed by atoms with van der Waals surface area (Å²) in [6, 6.07) is 7.33. The summed E-state index contributed by atoms with van der Waals surface area (Å²) in [6.45, 7) is 2.04. The minimum absolute atomic E-state index is 0.0551. The number of carboxylic acids is 1. The van der Waals surface area contributed by atoms with Crippen LogP contribution in [-0.2, 0) is 4.79 Å². The number of aliphatic carboxylic acids is 1. The average Bonchev–Trinajstić information content (AvgIpc) is 2.97. The molecule has 0 aliphatic heterocycles. The van der Waals surface area contributed by atoms with Gasteiger partial charge in [-0.25, -0.2) is 0 Å². The molecule has 0 spiro atoms. The summed E-state index contributed by atoms with van der Waals surface area (Å²) in [5.74, 6) is -0.364. The summed E-state index contributed by atoms with van der Waals surface area (Å²) >= 11 is 0. The normalized spacial score (nSPS) is 18.9. The second-order valence-corrected chi connectivity index (χ2v) is 4.70. The van der Waals surface area contributed by atoms with Crippen LogP contribution in [0.2, 0.25) is 0 Å². The van der Waals surface area contributed by atoms with E-state index in [9.17, 15) is 9.90 Å². The van der Waals surface area contributed by atoms with Gasteiger partial charge in [0, 0.05) is 0 Å². The molecule has 1 N–H and O–H groups in total. The van der Waals surface area contributed by atoms with Crippen LogP contribution in [0.3, 0.4) is 0 Å². The molecule has 0 radical (unpaired) electrons. The lowest BCUT2D eigenvalue weighted by Crippen LogP contribution is -2.20. The first-order valence-electron chi connectivity index (χ1n) is 5.43. The molecule has 86 valence electrons. The van der Waals surface area contributed by atoms with Gasteiger partial charge in [-0.05, 0) is 36.0 Å². The Morgan fingerprint density at radius 2 is 1.94 bits per heavy atom. The second-order valence-electron chi connectivity index (χ2n) is 4.70. The van der Waals surface area contributed by atoms with Gasteiger partial charge in [0.25, 0.3) is 0 Å². The Morgan fingerprint density at radius 3 is 2.31 bits per heavy atom. The zero-order chi connectivity index (χ0) is 11.8. The SMILES string of the molecule is COc1ccc(C(C(=O)O)C2(C)CC2)cc1. The molecule has 1 saturated carbocycles. The molecule has 0 bridgehead atoms. The highest BCUT2D eigenvalue weighted by atomic mass is 16.5. The molecule has 1 unspecified atom stereocenters. The largest absolute Gasteiger partial charge is 0.497 e. The molecule has 1 aromatic carbocycles. The summed E-state index contributed by atoms with van der Waals surface area (Å²) in [5.41, 5.74) is 0.814. The Morgan fingerprint density at radius 1 is 1.38 bits per heavy atom. The number of carbonyl (C=O) groups is 1. The topological polar surface area (TPSA) is 46.5 Å². The summed E-state index contributed by atoms with van der Waals surface area (Å²) in [6.07, 6.45) is 1.99. The predicted octanol–water partition coefficient (Wildman–Crippen LogP) is 2.66. The van der Waals surface area contributed by atoms with Gasteiger partial charge in [0.1, 0.15) is 5.75 Å². The molecule has 0 amide bonds. The van der Waals surface area contributed by atoms with Crippen molar-refractivity contribution in [2.45, 2.75) is 25.7 Å². The molecule has 3 nitrogen and oxygen atoms in total. The average molecular weight is 220 g/mol. The van der Waals surface area contributed by atoms with Crippen LogP contribution in [0.1, 0.15) is 31.2 Å². The zero-order valence-corrected chi connectivity index (χ0v) is 9.56. The molecule has 1 aromatic rings. The lowest BCUT2D eigenvalue weighted by atomic mass is 9.84. The minimum atomic E-state index is -0.731. The monoisotopic (exact) mass is 220 g/mol. The van der Waals surface area contributed by atoms with Crippen LogP contribution < -0.4 is 4.74 Å². The van der Waals surface area contributed by atoms with E-state index in [-0.39, 0.29) is 5.41 Å². The van der Waals surface area contributed by atoms with E-state index >= 15 is 0 Å². The van der Waals surface area contributed by atoms with Crippen LogP contribution in [0.5, 0.6) is 5.75 Å². The van der Waals surface area contributed by atoms with Crippen molar-refractivity contribution in [1.29, 1.82) is 0 Å². The number of hydrogen-bond acceptors (Lipinski definition) is 2. The van der Waals surface area contributed by atoms with Crippen LogP contribution in [-0.4, -0.2) is 18.2 Å². The van der Waals surface area contributed by atoms with Gasteiger partial charge in [-0.15, -0.1) is 0 Å². The number of hydrogen-bond donors (Lipinski definition) is 1. The first-order chi connectivity index (χ1) is 7.57. The number of benzene rings is 1. The number of rotatable bonds is 4. The van der Waals surface area contributed by atoms with E-state index in [1.165, 1.54) is 0 Å². The maximum atomic E-state index is 11.3. The van der Waals surface area contributed by atoms with Crippen LogP contribution in [0.25, 0.3) is 0 Å². The lowest BCUT2D eigenvalue weighted by Gasteiger charge is -2.19. The van der Waals surface area contributed by atoms with E-state index in [0.717, 1.165) is 24.2 Å². The van der Waals surface area contributed by atoms with Crippen molar-refractivity contribution >= 4 is 5.97 Å². The molecule has 1 aliphatic carbocycles. The van der Waals surface area contributed by atoms with Gasteiger partial charge in [0.05, 0.1) is 13.0 Å². The summed E-state index contributed by atoms with van der Waals surface area (Å²) in [5, 5.41) is 9.30. The number of ether oxygens (including phenoxy) is 1. The van der Waals surface area contributed by atoms with E-state index in [4.69, 9.17) is 4.74 Å². The molecule has 0 heterocycles. The second kappa shape index (κ2) is 3.81. The van der Waals surface area contributed by atoms with Crippen molar-refractivity contribution < 1.29 is 14.6 Å². The van der Waals surface area contributed by atoms with Crippen molar-refractivity contribution in [2.24, 2.45) is 5.41 Å². The molecular weight excluding hydrogens is 204 g/mol. The fraction of sp³-hybridized carbons (Fsp3) is 0.462. The van der Waals surface area contributed by atoms with Crippen LogP contribution >= 0.6 is 0 Å². The highest BCUT2D eigenvalue weighted by molar-refractivity contribution is 5.78. The van der Waals surface area contributed by atoms with Crippen LogP contribution in [0.15, 0.2) is 24.3 Å². The zero-order valence-electron chi connectivity index (χ0n) is 9.56. The summed E-state index contributed by atoms with van der Waals surface area (Å²) in [7, 11) is 1.60. The van der Waals surface area contributed by atoms with Gasteiger partial charge >= 0.3 is 5.97 Å². The van der Waals surface area contributed by atoms with Crippen LogP contribution in [0, 0.1) is 5.41 Å². The Bertz CT molecular complexity index is 390. The van der Waals surface area contributed by atoms with E-state index in [2.05, 4.69) is 0 Å². The van der Waals surface area contributed by atoms with Crippen molar-refractivity contribution in [1.82, 2.24) is 0 Å². The van der Waals surface area contributed by atoms with Gasteiger partial charge in [-0.3, -0.25) is 4.79 Å². The van der Waals surface area contributed by atoms with Crippen molar-refractivity contribution in [3.8, 4) is 5.75 Å².